The van der Waals surface area contributed by atoms with Gasteiger partial charge in [-0.1, -0.05) is 37.4 Å². The summed E-state index contributed by atoms with van der Waals surface area (Å²) in [6, 6.07) is 11.1. The number of esters is 4. The van der Waals surface area contributed by atoms with Gasteiger partial charge in [0.2, 0.25) is 5.41 Å². The molecule has 0 saturated heterocycles. The number of carbonyl (C=O) groups is 4. The van der Waals surface area contributed by atoms with E-state index in [9.17, 15) is 54.3 Å². The van der Waals surface area contributed by atoms with E-state index in [1.165, 1.54) is 12.1 Å². The standard InChI is InChI=1S/C49H48F8O10/c1-31(2)43(58)64-27-11-7-5-9-25-62-37-21-23-39(41(50)29-37)45(60)66-35-17-13-33(14-18-35)47(48(52,53)54,49(55,56)57)34-15-19-36(20-16-34)67-46(61)40-24-22-38(30-42(40)51)63-26-10-6-8-12-28-65-44(59)32(3)4/h13-24,29-30H,1,3,5-12,25-28H2,2,4H3. The predicted octanol–water partition coefficient (Wildman–Crippen LogP) is 11.9. The molecular weight excluding hydrogens is 901 g/mol. The minimum Gasteiger partial charge on any atom is -0.493 e. The third-order valence-electron chi connectivity index (χ3n) is 9.95. The molecule has 360 valence electrons. The summed E-state index contributed by atoms with van der Waals surface area (Å²) in [4.78, 5) is 48.4. The van der Waals surface area contributed by atoms with Crippen molar-refractivity contribution in [3.05, 3.63) is 143 Å². The van der Waals surface area contributed by atoms with Gasteiger partial charge in [-0.25, -0.2) is 28.0 Å². The zero-order chi connectivity index (χ0) is 49.4. The first-order valence-corrected chi connectivity index (χ1v) is 20.9. The molecule has 0 aliphatic rings. The highest BCUT2D eigenvalue weighted by atomic mass is 19.4. The molecule has 67 heavy (non-hydrogen) atoms. The van der Waals surface area contributed by atoms with E-state index in [-0.39, 0.29) is 37.9 Å². The van der Waals surface area contributed by atoms with Gasteiger partial charge in [0.1, 0.15) is 34.6 Å². The Balaban J connectivity index is 1.36. The van der Waals surface area contributed by atoms with Crippen LogP contribution in [-0.4, -0.2) is 62.7 Å². The van der Waals surface area contributed by atoms with E-state index in [2.05, 4.69) is 13.2 Å². The number of halogens is 8. The highest BCUT2D eigenvalue weighted by Gasteiger charge is 2.72. The van der Waals surface area contributed by atoms with Crippen LogP contribution in [0.25, 0.3) is 0 Å². The topological polar surface area (TPSA) is 124 Å². The monoisotopic (exact) mass is 948 g/mol. The summed E-state index contributed by atoms with van der Waals surface area (Å²) in [6.45, 7) is 11.0. The second-order valence-corrected chi connectivity index (χ2v) is 15.2. The fourth-order valence-electron chi connectivity index (χ4n) is 6.43. The van der Waals surface area contributed by atoms with Gasteiger partial charge in [-0.2, -0.15) is 26.3 Å². The summed E-state index contributed by atoms with van der Waals surface area (Å²) in [7, 11) is 0. The van der Waals surface area contributed by atoms with Gasteiger partial charge >= 0.3 is 36.2 Å². The third-order valence-corrected chi connectivity index (χ3v) is 9.95. The fraction of sp³-hybridized carbons (Fsp3) is 0.347. The van der Waals surface area contributed by atoms with Gasteiger partial charge in [0, 0.05) is 23.3 Å². The van der Waals surface area contributed by atoms with E-state index in [1.54, 1.807) is 13.8 Å². The first-order chi connectivity index (χ1) is 31.6. The van der Waals surface area contributed by atoms with Gasteiger partial charge in [0.25, 0.3) is 0 Å². The van der Waals surface area contributed by atoms with Gasteiger partial charge in [0.05, 0.1) is 37.6 Å². The molecule has 0 fully saturated rings. The minimum atomic E-state index is -6.01. The molecule has 0 N–H and O–H groups in total. The molecule has 4 rings (SSSR count). The largest absolute Gasteiger partial charge is 0.493 e. The fourth-order valence-corrected chi connectivity index (χ4v) is 6.43. The average Bonchev–Trinajstić information content (AvgIpc) is 3.25. The van der Waals surface area contributed by atoms with Gasteiger partial charge in [-0.15, -0.1) is 0 Å². The Morgan fingerprint density at radius 2 is 0.776 bits per heavy atom. The van der Waals surface area contributed by atoms with Gasteiger partial charge < -0.3 is 28.4 Å². The summed E-state index contributed by atoms with van der Waals surface area (Å²) in [5.74, 6) is -6.49. The lowest BCUT2D eigenvalue weighted by atomic mass is 9.73. The molecule has 0 atom stereocenters. The van der Waals surface area contributed by atoms with Crippen LogP contribution < -0.4 is 18.9 Å². The maximum Gasteiger partial charge on any atom is 0.411 e. The number of ether oxygens (including phenoxy) is 6. The molecule has 0 heterocycles. The lowest BCUT2D eigenvalue weighted by Crippen LogP contribution is -2.54. The highest BCUT2D eigenvalue weighted by molar-refractivity contribution is 5.92. The number of hydrogen-bond acceptors (Lipinski definition) is 10. The van der Waals surface area contributed by atoms with Crippen LogP contribution in [0.15, 0.2) is 109 Å². The van der Waals surface area contributed by atoms with E-state index in [1.807, 2.05) is 0 Å². The van der Waals surface area contributed by atoms with E-state index in [0.29, 0.717) is 98.2 Å². The van der Waals surface area contributed by atoms with Crippen molar-refractivity contribution in [1.29, 1.82) is 0 Å². The van der Waals surface area contributed by atoms with Crippen molar-refractivity contribution in [2.45, 2.75) is 83.0 Å². The van der Waals surface area contributed by atoms with Crippen molar-refractivity contribution >= 4 is 23.9 Å². The molecule has 10 nitrogen and oxygen atoms in total. The van der Waals surface area contributed by atoms with Gasteiger partial charge in [-0.05, 0) is 125 Å². The number of benzene rings is 4. The number of carbonyl (C=O) groups excluding carboxylic acids is 4. The van der Waals surface area contributed by atoms with Crippen molar-refractivity contribution in [3.8, 4) is 23.0 Å². The predicted molar refractivity (Wildman–Crippen MR) is 228 cm³/mol. The van der Waals surface area contributed by atoms with Crippen LogP contribution in [0.2, 0.25) is 0 Å². The van der Waals surface area contributed by atoms with Crippen molar-refractivity contribution in [3.63, 3.8) is 0 Å². The summed E-state index contributed by atoms with van der Waals surface area (Å²) < 4.78 is 150. The Bertz CT molecular complexity index is 2190. The SMILES string of the molecule is C=C(C)C(=O)OCCCCCCOc1ccc(C(=O)Oc2ccc(C(c3ccc(OC(=O)c4ccc(OCCCCCCOC(=O)C(=C)C)cc4F)cc3)(C(F)(F)F)C(F)(F)F)cc2)c(F)c1. The molecule has 0 saturated carbocycles. The molecule has 0 bridgehead atoms. The first kappa shape index (κ1) is 52.9. The zero-order valence-electron chi connectivity index (χ0n) is 36.6. The van der Waals surface area contributed by atoms with Crippen LogP contribution in [-0.2, 0) is 24.5 Å². The van der Waals surface area contributed by atoms with Crippen LogP contribution in [0.5, 0.6) is 23.0 Å². The first-order valence-electron chi connectivity index (χ1n) is 20.9. The normalized spacial score (nSPS) is 11.6. The van der Waals surface area contributed by atoms with E-state index < -0.39 is 87.0 Å². The smallest absolute Gasteiger partial charge is 0.411 e. The molecule has 4 aromatic rings. The highest BCUT2D eigenvalue weighted by Crippen LogP contribution is 2.56. The molecule has 0 spiro atoms. The van der Waals surface area contributed by atoms with Gasteiger partial charge in [0.15, 0.2) is 0 Å². The molecule has 0 unspecified atom stereocenters. The number of hydrogen-bond donors (Lipinski definition) is 0. The second kappa shape index (κ2) is 24.2. The Morgan fingerprint density at radius 1 is 0.463 bits per heavy atom. The number of alkyl halides is 6. The van der Waals surface area contributed by atoms with E-state index >= 15 is 0 Å². The summed E-state index contributed by atoms with van der Waals surface area (Å²) in [6.07, 6.45) is -6.71. The molecule has 0 aliphatic carbocycles. The van der Waals surface area contributed by atoms with Crippen molar-refractivity contribution in [1.82, 2.24) is 0 Å². The average molecular weight is 949 g/mol. The van der Waals surface area contributed by atoms with Crippen LogP contribution in [0.4, 0.5) is 35.1 Å². The van der Waals surface area contributed by atoms with Gasteiger partial charge in [-0.3, -0.25) is 0 Å². The molecule has 4 aromatic carbocycles. The van der Waals surface area contributed by atoms with E-state index in [0.717, 1.165) is 37.1 Å². The van der Waals surface area contributed by atoms with Crippen LogP contribution in [0, 0.1) is 11.6 Å². The lowest BCUT2D eigenvalue weighted by Gasteiger charge is -2.38. The van der Waals surface area contributed by atoms with Crippen molar-refractivity contribution < 1.29 is 82.7 Å². The zero-order valence-corrected chi connectivity index (χ0v) is 36.6. The molecule has 18 heteroatoms. The van der Waals surface area contributed by atoms with E-state index in [4.69, 9.17) is 28.4 Å². The molecule has 0 aliphatic heterocycles. The van der Waals surface area contributed by atoms with Crippen LogP contribution >= 0.6 is 0 Å². The second-order valence-electron chi connectivity index (χ2n) is 15.2. The Hall–Kier alpha value is -6.72. The summed E-state index contributed by atoms with van der Waals surface area (Å²) in [5, 5.41) is 0. The lowest BCUT2D eigenvalue weighted by molar-refractivity contribution is -0.288. The number of unbranched alkanes of at least 4 members (excludes halogenated alkanes) is 6. The molecule has 0 amide bonds. The molecular formula is C49H48F8O10. The Labute approximate surface area is 381 Å². The Morgan fingerprint density at radius 3 is 1.07 bits per heavy atom. The molecule has 0 aromatic heterocycles. The maximum atomic E-state index is 14.9. The van der Waals surface area contributed by atoms with Crippen LogP contribution in [0.3, 0.4) is 0 Å². The maximum absolute atomic E-state index is 14.9. The third kappa shape index (κ3) is 14.6. The molecule has 0 radical (unpaired) electrons. The minimum absolute atomic E-state index is 0.0824. The quantitative estimate of drug-likeness (QED) is 0.0220. The summed E-state index contributed by atoms with van der Waals surface area (Å²) >= 11 is 0. The van der Waals surface area contributed by atoms with Crippen molar-refractivity contribution in [2.24, 2.45) is 0 Å². The van der Waals surface area contributed by atoms with Crippen LogP contribution in [0.1, 0.15) is 97.1 Å². The summed E-state index contributed by atoms with van der Waals surface area (Å²) in [5.41, 5.74) is -7.86. The van der Waals surface area contributed by atoms with Crippen molar-refractivity contribution in [2.75, 3.05) is 26.4 Å². The number of rotatable bonds is 24. The Kier molecular flexibility index (Phi) is 19.1.